The molecule has 2 heteroatoms. The highest BCUT2D eigenvalue weighted by atomic mass is 16.5. The molecule has 0 aliphatic heterocycles. The first-order chi connectivity index (χ1) is 10.2. The van der Waals surface area contributed by atoms with Crippen molar-refractivity contribution in [1.82, 2.24) is 0 Å². The van der Waals surface area contributed by atoms with E-state index in [1.165, 1.54) is 11.1 Å². The Balaban J connectivity index is 1.86. The van der Waals surface area contributed by atoms with Crippen LogP contribution in [0.2, 0.25) is 0 Å². The average Bonchev–Trinajstić information content (AvgIpc) is 2.52. The van der Waals surface area contributed by atoms with Crippen LogP contribution in [0.25, 0.3) is 11.1 Å². The van der Waals surface area contributed by atoms with Gasteiger partial charge in [0.1, 0.15) is 5.75 Å². The van der Waals surface area contributed by atoms with Crippen molar-refractivity contribution in [2.75, 3.05) is 6.61 Å². The molecule has 0 aromatic heterocycles. The van der Waals surface area contributed by atoms with Crippen molar-refractivity contribution in [3.8, 4) is 16.9 Å². The van der Waals surface area contributed by atoms with E-state index < -0.39 is 0 Å². The zero-order valence-electron chi connectivity index (χ0n) is 12.9. The molecule has 0 heterocycles. The molecule has 1 atom stereocenters. The smallest absolute Gasteiger partial charge is 0.115 e. The second-order valence-corrected chi connectivity index (χ2v) is 5.44. The number of ether oxygens (including phenoxy) is 1. The Hall–Kier alpha value is -1.80. The van der Waals surface area contributed by atoms with Crippen LogP contribution in [0.15, 0.2) is 48.5 Å². The first-order valence-corrected chi connectivity index (χ1v) is 7.69. The van der Waals surface area contributed by atoms with Crippen molar-refractivity contribution in [2.24, 2.45) is 0 Å². The summed E-state index contributed by atoms with van der Waals surface area (Å²) < 4.78 is 5.69. The lowest BCUT2D eigenvalue weighted by Crippen LogP contribution is -2.07. The lowest BCUT2D eigenvalue weighted by Gasteiger charge is -2.10. The van der Waals surface area contributed by atoms with Crippen LogP contribution in [0.4, 0.5) is 0 Å². The van der Waals surface area contributed by atoms with Gasteiger partial charge in [0.05, 0.1) is 6.10 Å². The van der Waals surface area contributed by atoms with Crippen LogP contribution in [-0.2, 0) is 11.2 Å². The van der Waals surface area contributed by atoms with Crippen LogP contribution >= 0.6 is 0 Å². The van der Waals surface area contributed by atoms with Gasteiger partial charge in [0.15, 0.2) is 0 Å². The molecule has 2 aromatic carbocycles. The number of hydrogen-bond donors (Lipinski definition) is 1. The van der Waals surface area contributed by atoms with Gasteiger partial charge in [-0.05, 0) is 55.0 Å². The normalized spacial score (nSPS) is 12.3. The van der Waals surface area contributed by atoms with Crippen molar-refractivity contribution in [3.63, 3.8) is 0 Å². The van der Waals surface area contributed by atoms with Gasteiger partial charge in [0.25, 0.3) is 0 Å². The van der Waals surface area contributed by atoms with Crippen molar-refractivity contribution >= 4 is 0 Å². The second-order valence-electron chi connectivity index (χ2n) is 5.44. The minimum absolute atomic E-state index is 0.302. The SMILES string of the molecule is CCC(C)OCCCc1ccc(-c2ccc(O)cc2)cc1. The molecule has 1 N–H and O–H groups in total. The Morgan fingerprint density at radius 3 is 2.10 bits per heavy atom. The van der Waals surface area contributed by atoms with Gasteiger partial charge in [-0.15, -0.1) is 0 Å². The van der Waals surface area contributed by atoms with Crippen molar-refractivity contribution < 1.29 is 9.84 Å². The number of phenolic OH excluding ortho intramolecular Hbond substituents is 1. The van der Waals surface area contributed by atoms with Crippen LogP contribution in [-0.4, -0.2) is 17.8 Å². The molecule has 2 aromatic rings. The van der Waals surface area contributed by atoms with Crippen molar-refractivity contribution in [1.29, 1.82) is 0 Å². The van der Waals surface area contributed by atoms with E-state index in [1.54, 1.807) is 12.1 Å². The van der Waals surface area contributed by atoms with Crippen LogP contribution < -0.4 is 0 Å². The molecule has 0 amide bonds. The molecule has 0 spiro atoms. The zero-order chi connectivity index (χ0) is 15.1. The molecule has 2 nitrogen and oxygen atoms in total. The second kappa shape index (κ2) is 7.84. The molecule has 0 radical (unpaired) electrons. The number of phenols is 1. The van der Waals surface area contributed by atoms with Gasteiger partial charge >= 0.3 is 0 Å². The Bertz CT molecular complexity index is 528. The molecule has 21 heavy (non-hydrogen) atoms. The largest absolute Gasteiger partial charge is 0.508 e. The van der Waals surface area contributed by atoms with E-state index in [2.05, 4.69) is 38.1 Å². The van der Waals surface area contributed by atoms with E-state index >= 15 is 0 Å². The molecular weight excluding hydrogens is 260 g/mol. The topological polar surface area (TPSA) is 29.5 Å². The Labute approximate surface area is 127 Å². The fourth-order valence-corrected chi connectivity index (χ4v) is 2.20. The molecule has 0 bridgehead atoms. The first-order valence-electron chi connectivity index (χ1n) is 7.69. The summed E-state index contributed by atoms with van der Waals surface area (Å²) in [5.41, 5.74) is 3.64. The van der Waals surface area contributed by atoms with E-state index in [4.69, 9.17) is 4.74 Å². The predicted molar refractivity (Wildman–Crippen MR) is 87.6 cm³/mol. The minimum Gasteiger partial charge on any atom is -0.508 e. The van der Waals surface area contributed by atoms with E-state index in [1.807, 2.05) is 12.1 Å². The van der Waals surface area contributed by atoms with Crippen molar-refractivity contribution in [3.05, 3.63) is 54.1 Å². The van der Waals surface area contributed by atoms with Gasteiger partial charge in [-0.1, -0.05) is 43.3 Å². The predicted octanol–water partition coefficient (Wildman–Crippen LogP) is 4.81. The van der Waals surface area contributed by atoms with E-state index in [0.29, 0.717) is 11.9 Å². The quantitative estimate of drug-likeness (QED) is 0.739. The van der Waals surface area contributed by atoms with Gasteiger partial charge in [0.2, 0.25) is 0 Å². The number of benzene rings is 2. The maximum absolute atomic E-state index is 9.31. The summed E-state index contributed by atoms with van der Waals surface area (Å²) in [6, 6.07) is 15.9. The number of hydrogen-bond acceptors (Lipinski definition) is 2. The number of aromatic hydroxyl groups is 1. The van der Waals surface area contributed by atoms with Crippen LogP contribution in [0.5, 0.6) is 5.75 Å². The summed E-state index contributed by atoms with van der Waals surface area (Å²) in [6.07, 6.45) is 3.54. The molecule has 2 rings (SSSR count). The summed E-state index contributed by atoms with van der Waals surface area (Å²) in [5, 5.41) is 9.31. The summed E-state index contributed by atoms with van der Waals surface area (Å²) in [5.74, 6) is 0.302. The van der Waals surface area contributed by atoms with Crippen LogP contribution in [0.1, 0.15) is 32.3 Å². The van der Waals surface area contributed by atoms with E-state index in [9.17, 15) is 5.11 Å². The summed E-state index contributed by atoms with van der Waals surface area (Å²) in [6.45, 7) is 5.09. The first kappa shape index (κ1) is 15.6. The lowest BCUT2D eigenvalue weighted by atomic mass is 10.0. The molecule has 0 aliphatic rings. The van der Waals surface area contributed by atoms with Gasteiger partial charge in [-0.3, -0.25) is 0 Å². The molecule has 0 saturated carbocycles. The molecule has 112 valence electrons. The maximum Gasteiger partial charge on any atom is 0.115 e. The molecule has 0 fully saturated rings. The third kappa shape index (κ3) is 4.91. The average molecular weight is 284 g/mol. The zero-order valence-corrected chi connectivity index (χ0v) is 12.9. The van der Waals surface area contributed by atoms with Gasteiger partial charge < -0.3 is 9.84 Å². The molecule has 0 saturated heterocycles. The number of aryl methyl sites for hydroxylation is 1. The van der Waals surface area contributed by atoms with Gasteiger partial charge in [0, 0.05) is 6.61 Å². The lowest BCUT2D eigenvalue weighted by molar-refractivity contribution is 0.0621. The standard InChI is InChI=1S/C19H24O2/c1-3-15(2)21-14-4-5-16-6-8-17(9-7-16)18-10-12-19(20)13-11-18/h6-13,15,20H,3-5,14H2,1-2H3. The van der Waals surface area contributed by atoms with Crippen LogP contribution in [0.3, 0.4) is 0 Å². The highest BCUT2D eigenvalue weighted by Crippen LogP contribution is 2.22. The van der Waals surface area contributed by atoms with Gasteiger partial charge in [-0.25, -0.2) is 0 Å². The third-order valence-corrected chi connectivity index (χ3v) is 3.74. The maximum atomic E-state index is 9.31. The molecule has 0 aliphatic carbocycles. The molecular formula is C19H24O2. The monoisotopic (exact) mass is 284 g/mol. The fourth-order valence-electron chi connectivity index (χ4n) is 2.20. The third-order valence-electron chi connectivity index (χ3n) is 3.74. The Kier molecular flexibility index (Phi) is 5.82. The fraction of sp³-hybridized carbons (Fsp3) is 0.368. The van der Waals surface area contributed by atoms with Gasteiger partial charge in [-0.2, -0.15) is 0 Å². The summed E-state index contributed by atoms with van der Waals surface area (Å²) >= 11 is 0. The Morgan fingerprint density at radius 1 is 0.952 bits per heavy atom. The van der Waals surface area contributed by atoms with E-state index in [0.717, 1.165) is 31.4 Å². The highest BCUT2D eigenvalue weighted by molar-refractivity contribution is 5.64. The number of rotatable bonds is 7. The summed E-state index contributed by atoms with van der Waals surface area (Å²) in [7, 11) is 0. The highest BCUT2D eigenvalue weighted by Gasteiger charge is 2.00. The Morgan fingerprint density at radius 2 is 1.52 bits per heavy atom. The van der Waals surface area contributed by atoms with Crippen LogP contribution in [0, 0.1) is 0 Å². The minimum atomic E-state index is 0.302. The summed E-state index contributed by atoms with van der Waals surface area (Å²) in [4.78, 5) is 0. The van der Waals surface area contributed by atoms with E-state index in [-0.39, 0.29) is 0 Å². The molecule has 1 unspecified atom stereocenters. The van der Waals surface area contributed by atoms with Crippen molar-refractivity contribution in [2.45, 2.75) is 39.2 Å².